The van der Waals surface area contributed by atoms with Crippen LogP contribution < -0.4 is 20.3 Å². The maximum atomic E-state index is 12.7. The Kier molecular flexibility index (Phi) is 5.78. The van der Waals surface area contributed by atoms with Crippen molar-refractivity contribution >= 4 is 11.6 Å². The molecule has 0 radical (unpaired) electrons. The summed E-state index contributed by atoms with van der Waals surface area (Å²) in [6.45, 7) is 6.91. The fraction of sp³-hybridized carbons (Fsp3) is 0.450. The molecule has 0 bridgehead atoms. The fourth-order valence-electron chi connectivity index (χ4n) is 3.04. The molecule has 0 aliphatic carbocycles. The summed E-state index contributed by atoms with van der Waals surface area (Å²) in [5.74, 6) is 0.955. The van der Waals surface area contributed by atoms with Gasteiger partial charge < -0.3 is 14.8 Å². The van der Waals surface area contributed by atoms with Crippen LogP contribution in [-0.2, 0) is 13.0 Å². The summed E-state index contributed by atoms with van der Waals surface area (Å²) < 4.78 is 12.8. The predicted octanol–water partition coefficient (Wildman–Crippen LogP) is 3.02. The van der Waals surface area contributed by atoms with E-state index in [-0.39, 0.29) is 17.4 Å². The Bertz CT molecular complexity index is 891. The van der Waals surface area contributed by atoms with Crippen LogP contribution in [0.15, 0.2) is 29.1 Å². The summed E-state index contributed by atoms with van der Waals surface area (Å²) in [5.41, 5.74) is 1.57. The lowest BCUT2D eigenvalue weighted by atomic mass is 10.1. The number of aromatic nitrogens is 2. The van der Waals surface area contributed by atoms with Crippen molar-refractivity contribution in [1.29, 1.82) is 0 Å². The molecule has 144 valence electrons. The molecule has 2 aromatic rings. The van der Waals surface area contributed by atoms with Crippen LogP contribution in [0.25, 0.3) is 0 Å². The van der Waals surface area contributed by atoms with Gasteiger partial charge in [0.15, 0.2) is 0 Å². The molecule has 1 atom stereocenters. The number of fused-ring (bicyclic) bond motifs is 1. The largest absolute Gasteiger partial charge is 0.492 e. The number of aryl methyl sites for hydroxylation is 1. The van der Waals surface area contributed by atoms with Gasteiger partial charge in [0, 0.05) is 30.7 Å². The summed E-state index contributed by atoms with van der Waals surface area (Å²) in [4.78, 5) is 24.6. The summed E-state index contributed by atoms with van der Waals surface area (Å²) in [7, 11) is 0. The lowest BCUT2D eigenvalue weighted by Gasteiger charge is -2.13. The SMILES string of the molecule is CCCCn1nc(C(=O)Nc2cc3c(cc2OCC)CC(C)O3)ccc1=O. The number of hydrogen-bond donors (Lipinski definition) is 1. The first kappa shape index (κ1) is 18.9. The van der Waals surface area contributed by atoms with E-state index in [2.05, 4.69) is 10.4 Å². The lowest BCUT2D eigenvalue weighted by Crippen LogP contribution is -2.26. The third-order valence-corrected chi connectivity index (χ3v) is 4.37. The molecule has 0 spiro atoms. The van der Waals surface area contributed by atoms with Gasteiger partial charge in [0.05, 0.1) is 12.3 Å². The number of carbonyl (C=O) groups is 1. The molecule has 0 fully saturated rings. The molecule has 1 aromatic heterocycles. The number of benzene rings is 1. The van der Waals surface area contributed by atoms with Gasteiger partial charge in [0.1, 0.15) is 23.3 Å². The number of ether oxygens (including phenoxy) is 2. The Morgan fingerprint density at radius 3 is 2.93 bits per heavy atom. The van der Waals surface area contributed by atoms with Gasteiger partial charge >= 0.3 is 0 Å². The number of nitrogens with one attached hydrogen (secondary N) is 1. The van der Waals surface area contributed by atoms with Crippen LogP contribution >= 0.6 is 0 Å². The standard InChI is InChI=1S/C20H25N3O4/c1-4-6-9-23-19(24)8-7-15(22-23)20(25)21-16-12-17-14(10-13(3)27-17)11-18(16)26-5-2/h7-8,11-13H,4-6,9-10H2,1-3H3,(H,21,25). The van der Waals surface area contributed by atoms with Gasteiger partial charge in [0.2, 0.25) is 0 Å². The molecule has 3 rings (SSSR count). The highest BCUT2D eigenvalue weighted by Gasteiger charge is 2.23. The van der Waals surface area contributed by atoms with E-state index >= 15 is 0 Å². The van der Waals surface area contributed by atoms with Crippen LogP contribution in [0.5, 0.6) is 11.5 Å². The molecule has 0 saturated carbocycles. The molecular formula is C20H25N3O4. The van der Waals surface area contributed by atoms with Crippen LogP contribution in [0, 0.1) is 0 Å². The Hall–Kier alpha value is -2.83. The number of hydrogen-bond acceptors (Lipinski definition) is 5. The number of nitrogens with zero attached hydrogens (tertiary/aromatic N) is 2. The van der Waals surface area contributed by atoms with Crippen molar-refractivity contribution < 1.29 is 14.3 Å². The number of rotatable bonds is 7. The van der Waals surface area contributed by atoms with E-state index in [4.69, 9.17) is 9.47 Å². The molecule has 7 nitrogen and oxygen atoms in total. The van der Waals surface area contributed by atoms with E-state index in [1.807, 2.05) is 26.8 Å². The molecule has 1 aliphatic rings. The Morgan fingerprint density at radius 2 is 2.19 bits per heavy atom. The second kappa shape index (κ2) is 8.24. The van der Waals surface area contributed by atoms with Gasteiger partial charge in [-0.2, -0.15) is 5.10 Å². The second-order valence-corrected chi connectivity index (χ2v) is 6.61. The molecule has 2 heterocycles. The van der Waals surface area contributed by atoms with Gasteiger partial charge in [-0.05, 0) is 32.4 Å². The normalized spacial score (nSPS) is 15.1. The molecular weight excluding hydrogens is 346 g/mol. The first-order chi connectivity index (χ1) is 13.0. The minimum absolute atomic E-state index is 0.101. The van der Waals surface area contributed by atoms with Crippen LogP contribution in [0.3, 0.4) is 0 Å². The van der Waals surface area contributed by atoms with E-state index in [1.165, 1.54) is 16.8 Å². The smallest absolute Gasteiger partial charge is 0.276 e. The van der Waals surface area contributed by atoms with Gasteiger partial charge in [-0.25, -0.2) is 4.68 Å². The van der Waals surface area contributed by atoms with Crippen LogP contribution in [0.2, 0.25) is 0 Å². The Morgan fingerprint density at radius 1 is 1.37 bits per heavy atom. The molecule has 1 N–H and O–H groups in total. The zero-order chi connectivity index (χ0) is 19.4. The fourth-order valence-corrected chi connectivity index (χ4v) is 3.04. The maximum Gasteiger partial charge on any atom is 0.276 e. The minimum atomic E-state index is -0.396. The van der Waals surface area contributed by atoms with E-state index in [9.17, 15) is 9.59 Å². The van der Waals surface area contributed by atoms with Crippen molar-refractivity contribution in [2.24, 2.45) is 0 Å². The molecule has 1 unspecified atom stereocenters. The third kappa shape index (κ3) is 4.30. The number of unbranched alkanes of at least 4 members (excludes halogenated alkanes) is 1. The van der Waals surface area contributed by atoms with Gasteiger partial charge in [-0.1, -0.05) is 13.3 Å². The third-order valence-electron chi connectivity index (χ3n) is 4.37. The van der Waals surface area contributed by atoms with Gasteiger partial charge in [0.25, 0.3) is 11.5 Å². The van der Waals surface area contributed by atoms with E-state index in [0.29, 0.717) is 24.6 Å². The summed E-state index contributed by atoms with van der Waals surface area (Å²) in [5, 5.41) is 7.02. The zero-order valence-electron chi connectivity index (χ0n) is 15.9. The zero-order valence-corrected chi connectivity index (χ0v) is 15.9. The van der Waals surface area contributed by atoms with Crippen LogP contribution in [-0.4, -0.2) is 28.4 Å². The Labute approximate surface area is 158 Å². The highest BCUT2D eigenvalue weighted by Crippen LogP contribution is 2.38. The lowest BCUT2D eigenvalue weighted by molar-refractivity contribution is 0.101. The monoisotopic (exact) mass is 371 g/mol. The molecule has 1 aromatic carbocycles. The van der Waals surface area contributed by atoms with E-state index in [1.54, 1.807) is 6.07 Å². The number of amides is 1. The topological polar surface area (TPSA) is 82.5 Å². The first-order valence-electron chi connectivity index (χ1n) is 9.37. The van der Waals surface area contributed by atoms with Crippen molar-refractivity contribution in [3.8, 4) is 11.5 Å². The first-order valence-corrected chi connectivity index (χ1v) is 9.37. The van der Waals surface area contributed by atoms with Crippen molar-refractivity contribution in [1.82, 2.24) is 9.78 Å². The second-order valence-electron chi connectivity index (χ2n) is 6.61. The van der Waals surface area contributed by atoms with E-state index in [0.717, 1.165) is 30.6 Å². The van der Waals surface area contributed by atoms with Gasteiger partial charge in [-0.15, -0.1) is 0 Å². The molecule has 7 heteroatoms. The maximum absolute atomic E-state index is 12.7. The summed E-state index contributed by atoms with van der Waals surface area (Å²) in [6, 6.07) is 6.50. The van der Waals surface area contributed by atoms with Crippen molar-refractivity contribution in [2.45, 2.75) is 52.7 Å². The quantitative estimate of drug-likeness (QED) is 0.809. The number of carbonyl (C=O) groups excluding carboxylic acids is 1. The molecule has 1 aliphatic heterocycles. The van der Waals surface area contributed by atoms with Crippen LogP contribution in [0.1, 0.15) is 49.7 Å². The summed E-state index contributed by atoms with van der Waals surface area (Å²) in [6.07, 6.45) is 2.68. The highest BCUT2D eigenvalue weighted by atomic mass is 16.5. The average molecular weight is 371 g/mol. The Balaban J connectivity index is 1.85. The van der Waals surface area contributed by atoms with Crippen molar-refractivity contribution in [3.63, 3.8) is 0 Å². The average Bonchev–Trinajstić information content (AvgIpc) is 3.00. The van der Waals surface area contributed by atoms with Crippen molar-refractivity contribution in [2.75, 3.05) is 11.9 Å². The summed E-state index contributed by atoms with van der Waals surface area (Å²) >= 11 is 0. The highest BCUT2D eigenvalue weighted by molar-refractivity contribution is 6.03. The molecule has 1 amide bonds. The van der Waals surface area contributed by atoms with Crippen molar-refractivity contribution in [3.05, 3.63) is 45.9 Å². The molecule has 27 heavy (non-hydrogen) atoms. The number of anilines is 1. The van der Waals surface area contributed by atoms with Gasteiger partial charge in [-0.3, -0.25) is 9.59 Å². The van der Waals surface area contributed by atoms with Crippen LogP contribution in [0.4, 0.5) is 5.69 Å². The van der Waals surface area contributed by atoms with E-state index < -0.39 is 5.91 Å². The predicted molar refractivity (Wildman–Crippen MR) is 103 cm³/mol. The molecule has 0 saturated heterocycles. The minimum Gasteiger partial charge on any atom is -0.492 e.